The Kier molecular flexibility index (Phi) is 30.4. The van der Waals surface area contributed by atoms with E-state index in [0.717, 1.165) is 12.8 Å². The highest BCUT2D eigenvalue weighted by Gasteiger charge is 2.15. The molecule has 0 aliphatic heterocycles. The van der Waals surface area contributed by atoms with E-state index in [1.54, 1.807) is 0 Å². The molecule has 0 amide bonds. The lowest BCUT2D eigenvalue weighted by molar-refractivity contribution is 0.531. The van der Waals surface area contributed by atoms with Crippen molar-refractivity contribution in [3.05, 3.63) is 276 Å². The molecule has 2 atom stereocenters. The largest absolute Gasteiger partial charge is 0.0870 e. The molecule has 0 heteroatoms. The fraction of sp³-hybridized carbons (Fsp3) is 0.263. The van der Waals surface area contributed by atoms with Crippen LogP contribution in [0.3, 0.4) is 0 Å². The minimum Gasteiger partial charge on any atom is -0.0870 e. The van der Waals surface area contributed by atoms with Crippen LogP contribution >= 0.6 is 0 Å². The maximum Gasteiger partial charge on any atom is -0.0163 e. The van der Waals surface area contributed by atoms with E-state index in [9.17, 15) is 0 Å². The average molecular weight is 1010 g/mol. The lowest BCUT2D eigenvalue weighted by atomic mass is 9.84. The van der Waals surface area contributed by atoms with Gasteiger partial charge in [-0.15, -0.1) is 0 Å². The Balaban J connectivity index is 0.000000282. The summed E-state index contributed by atoms with van der Waals surface area (Å²) in [7, 11) is 0. The molecule has 7 aromatic carbocycles. The van der Waals surface area contributed by atoms with Crippen LogP contribution in [0, 0.1) is 32.6 Å². The summed E-state index contributed by atoms with van der Waals surface area (Å²) < 4.78 is 0. The number of unbranched alkanes of at least 4 members (excludes halogenated alkanes) is 1. The molecule has 76 heavy (non-hydrogen) atoms. The molecule has 0 aromatic heterocycles. The highest BCUT2D eigenvalue weighted by Crippen LogP contribution is 2.34. The van der Waals surface area contributed by atoms with Gasteiger partial charge in [-0.3, -0.25) is 0 Å². The van der Waals surface area contributed by atoms with Crippen molar-refractivity contribution in [2.24, 2.45) is 11.8 Å². The second kappa shape index (κ2) is 36.6. The normalized spacial score (nSPS) is 12.6. The number of aryl methyl sites for hydroxylation is 3. The fourth-order valence-electron chi connectivity index (χ4n) is 8.12. The van der Waals surface area contributed by atoms with Gasteiger partial charge in [-0.25, -0.2) is 0 Å². The van der Waals surface area contributed by atoms with Gasteiger partial charge in [0.15, 0.2) is 0 Å². The minimum absolute atomic E-state index is 0.508. The van der Waals surface area contributed by atoms with Crippen molar-refractivity contribution in [3.8, 4) is 44.5 Å². The first-order chi connectivity index (χ1) is 37.0. The lowest BCUT2D eigenvalue weighted by Crippen LogP contribution is -2.08. The molecule has 0 heterocycles. The van der Waals surface area contributed by atoms with E-state index in [1.807, 2.05) is 27.7 Å². The van der Waals surface area contributed by atoms with Crippen LogP contribution in [-0.4, -0.2) is 0 Å². The topological polar surface area (TPSA) is 0 Å². The van der Waals surface area contributed by atoms with Crippen molar-refractivity contribution in [2.45, 2.75) is 123 Å². The highest BCUT2D eigenvalue weighted by atomic mass is 14.2. The third-order valence-electron chi connectivity index (χ3n) is 13.1. The molecule has 0 N–H and O–H groups in total. The zero-order chi connectivity index (χ0) is 55.5. The van der Waals surface area contributed by atoms with Crippen molar-refractivity contribution >= 4 is 11.1 Å². The first-order valence-corrected chi connectivity index (χ1v) is 28.3. The predicted molar refractivity (Wildman–Crippen MR) is 344 cm³/mol. The Labute approximate surface area is 463 Å². The minimum atomic E-state index is 0.508. The molecule has 2 unspecified atom stereocenters. The predicted octanol–water partition coefficient (Wildman–Crippen LogP) is 23.6. The summed E-state index contributed by atoms with van der Waals surface area (Å²) in [4.78, 5) is 0. The van der Waals surface area contributed by atoms with E-state index < -0.39 is 0 Å². The fourth-order valence-corrected chi connectivity index (χ4v) is 8.12. The number of hydrogen-bond donors (Lipinski definition) is 0. The Bertz CT molecular complexity index is 2810. The summed E-state index contributed by atoms with van der Waals surface area (Å²) in [6, 6.07) is 63.1. The molecule has 1 aliphatic rings. The molecule has 0 saturated heterocycles. The van der Waals surface area contributed by atoms with Gasteiger partial charge in [0.05, 0.1) is 0 Å². The quantitative estimate of drug-likeness (QED) is 0.101. The smallest absolute Gasteiger partial charge is 0.0163 e. The van der Waals surface area contributed by atoms with Gasteiger partial charge in [0.25, 0.3) is 0 Å². The van der Waals surface area contributed by atoms with Gasteiger partial charge < -0.3 is 0 Å². The summed E-state index contributed by atoms with van der Waals surface area (Å²) in [6.07, 6.45) is 28.8. The van der Waals surface area contributed by atoms with Gasteiger partial charge in [0.1, 0.15) is 0 Å². The Morgan fingerprint density at radius 1 is 0.487 bits per heavy atom. The zero-order valence-corrected chi connectivity index (χ0v) is 49.1. The molecule has 0 saturated carbocycles. The second-order valence-corrected chi connectivity index (χ2v) is 18.9. The number of allylic oxidation sites excluding steroid dienone is 14. The van der Waals surface area contributed by atoms with E-state index in [0.29, 0.717) is 11.8 Å². The summed E-state index contributed by atoms with van der Waals surface area (Å²) in [5.74, 6) is 1.02. The summed E-state index contributed by atoms with van der Waals surface area (Å²) in [5, 5.41) is 0. The van der Waals surface area contributed by atoms with Crippen LogP contribution in [0.4, 0.5) is 0 Å². The number of benzene rings is 7. The number of hydrogen-bond acceptors (Lipinski definition) is 0. The van der Waals surface area contributed by atoms with Crippen molar-refractivity contribution in [2.75, 3.05) is 0 Å². The van der Waals surface area contributed by atoms with Gasteiger partial charge in [-0.2, -0.15) is 0 Å². The van der Waals surface area contributed by atoms with Gasteiger partial charge in [-0.1, -0.05) is 322 Å². The molecule has 0 spiro atoms. The first-order valence-electron chi connectivity index (χ1n) is 28.3. The van der Waals surface area contributed by atoms with E-state index in [1.165, 1.54) is 102 Å². The third kappa shape index (κ3) is 21.5. The van der Waals surface area contributed by atoms with E-state index in [-0.39, 0.29) is 0 Å². The highest BCUT2D eigenvalue weighted by molar-refractivity contribution is 5.82. The van der Waals surface area contributed by atoms with E-state index >= 15 is 0 Å². The van der Waals surface area contributed by atoms with Crippen LogP contribution in [0.5, 0.6) is 0 Å². The van der Waals surface area contributed by atoms with E-state index in [4.69, 9.17) is 0 Å². The maximum absolute atomic E-state index is 2.32. The molecule has 0 radical (unpaired) electrons. The van der Waals surface area contributed by atoms with Gasteiger partial charge >= 0.3 is 0 Å². The van der Waals surface area contributed by atoms with Crippen molar-refractivity contribution in [1.29, 1.82) is 0 Å². The van der Waals surface area contributed by atoms with Crippen LogP contribution in [-0.2, 0) is 0 Å². The van der Waals surface area contributed by atoms with Gasteiger partial charge in [-0.05, 0) is 144 Å². The summed E-state index contributed by atoms with van der Waals surface area (Å²) in [5.41, 5.74) is 20.6. The summed E-state index contributed by atoms with van der Waals surface area (Å²) in [6.45, 7) is 29.9. The SMILES string of the molecule is C/C=C\C(=C(\C)C(C)C(C)/C=C\C=C/CC)c1ccc(C)cc1.CC.CC.CCCC.Cc1ccc(-c2cc(-c3ccccc3)cc(-c3ccccc3)c2)cc1.Cc1ccc(-c2ccc(C3=CC=CCC=C3)cc2)cc1. The standard InChI is InChI=1S/C25H20.C23H32.C20H18.C4H10.2C2H6/c1-19-12-14-22(15-13-19)25-17-23(20-8-4-2-5-9-20)16-24(18-25)21-10-6-3-7-11-21;1-7-9-10-11-13-19(4)20(5)21(6)23(12-8-2)22-16-14-18(3)15-17-22;1-16-8-10-18(11-9-16)20-14-12-19(13-15-20)17-6-4-2-3-5-7-17;1-3-4-2;2*1-2/h2-18H,1H3;8-17,19-20H,7H2,1-6H3;2,4-15H,3H2,1H3;3-4H2,1-2H3;2*1-2H3/b;10-9-,12-8-,13-11-,23-21+;;;;. The molecule has 0 nitrogen and oxygen atoms in total. The summed E-state index contributed by atoms with van der Waals surface area (Å²) >= 11 is 0. The second-order valence-electron chi connectivity index (χ2n) is 18.9. The molecular formula is C76H92. The third-order valence-corrected chi connectivity index (χ3v) is 13.1. The molecule has 396 valence electrons. The van der Waals surface area contributed by atoms with E-state index in [2.05, 4.69) is 312 Å². The first kappa shape index (κ1) is 63.0. The van der Waals surface area contributed by atoms with Gasteiger partial charge in [0, 0.05) is 0 Å². The molecule has 0 bridgehead atoms. The number of rotatable bonds is 13. The Morgan fingerprint density at radius 2 is 0.895 bits per heavy atom. The molecule has 1 aliphatic carbocycles. The maximum atomic E-state index is 2.32. The average Bonchev–Trinajstić information content (AvgIpc) is 3.78. The molecule has 7 aromatic rings. The van der Waals surface area contributed by atoms with Crippen LogP contribution in [0.1, 0.15) is 130 Å². The van der Waals surface area contributed by atoms with Gasteiger partial charge in [0.2, 0.25) is 0 Å². The molecule has 0 fully saturated rings. The van der Waals surface area contributed by atoms with Crippen molar-refractivity contribution in [1.82, 2.24) is 0 Å². The van der Waals surface area contributed by atoms with Crippen molar-refractivity contribution in [3.63, 3.8) is 0 Å². The Morgan fingerprint density at radius 3 is 1.33 bits per heavy atom. The monoisotopic (exact) mass is 1000 g/mol. The van der Waals surface area contributed by atoms with Crippen LogP contribution in [0.15, 0.2) is 248 Å². The zero-order valence-electron chi connectivity index (χ0n) is 49.1. The van der Waals surface area contributed by atoms with Crippen LogP contribution in [0.2, 0.25) is 0 Å². The van der Waals surface area contributed by atoms with Crippen LogP contribution in [0.25, 0.3) is 55.7 Å². The lowest BCUT2D eigenvalue weighted by Gasteiger charge is -2.21. The molecular weight excluding hydrogens is 913 g/mol. The van der Waals surface area contributed by atoms with Crippen LogP contribution < -0.4 is 0 Å². The van der Waals surface area contributed by atoms with Crippen molar-refractivity contribution < 1.29 is 0 Å². The molecule has 8 rings (SSSR count). The Hall–Kier alpha value is -7.28.